The molecule has 0 aliphatic heterocycles. The van der Waals surface area contributed by atoms with Crippen molar-refractivity contribution < 1.29 is 14.3 Å². The van der Waals surface area contributed by atoms with Crippen LogP contribution < -0.4 is 10.1 Å². The van der Waals surface area contributed by atoms with Crippen LogP contribution in [0.2, 0.25) is 0 Å². The maximum Gasteiger partial charge on any atom is 0.265 e. The second-order valence-corrected chi connectivity index (χ2v) is 6.32. The van der Waals surface area contributed by atoms with Crippen LogP contribution >= 0.6 is 0 Å². The number of ether oxygens (including phenoxy) is 1. The van der Waals surface area contributed by atoms with E-state index < -0.39 is 6.10 Å². The Balaban J connectivity index is 2.04. The topological polar surface area (TPSA) is 55.4 Å². The summed E-state index contributed by atoms with van der Waals surface area (Å²) in [7, 11) is 0. The molecule has 4 heteroatoms. The van der Waals surface area contributed by atoms with Crippen LogP contribution in [-0.2, 0) is 4.79 Å². The Hall–Kier alpha value is -2.62. The number of anilines is 1. The molecule has 2 aromatic rings. The highest BCUT2D eigenvalue weighted by Crippen LogP contribution is 2.22. The number of nitrogens with one attached hydrogen (secondary N) is 1. The summed E-state index contributed by atoms with van der Waals surface area (Å²) in [6.45, 7) is 9.52. The standard InChI is InChI=1S/C21H25NO3/c1-6-19(23)17-7-9-18(10-8-17)25-16(5)21(24)22-20-14(3)11-13(2)12-15(20)4/h7-12,16H,6H2,1-5H3,(H,22,24). The molecular formula is C21H25NO3. The molecule has 1 amide bonds. The highest BCUT2D eigenvalue weighted by Gasteiger charge is 2.17. The van der Waals surface area contributed by atoms with Crippen LogP contribution in [-0.4, -0.2) is 17.8 Å². The van der Waals surface area contributed by atoms with Gasteiger partial charge in [-0.1, -0.05) is 24.6 Å². The monoisotopic (exact) mass is 339 g/mol. The second kappa shape index (κ2) is 7.97. The molecule has 0 saturated heterocycles. The summed E-state index contributed by atoms with van der Waals surface area (Å²) in [5, 5.41) is 2.95. The molecular weight excluding hydrogens is 314 g/mol. The van der Waals surface area contributed by atoms with Crippen LogP contribution in [0.15, 0.2) is 36.4 Å². The van der Waals surface area contributed by atoms with Crippen molar-refractivity contribution >= 4 is 17.4 Å². The summed E-state index contributed by atoms with van der Waals surface area (Å²) < 4.78 is 5.70. The minimum Gasteiger partial charge on any atom is -0.481 e. The fourth-order valence-corrected chi connectivity index (χ4v) is 2.78. The third-order valence-corrected chi connectivity index (χ3v) is 4.10. The van der Waals surface area contributed by atoms with Crippen molar-refractivity contribution in [2.75, 3.05) is 5.32 Å². The van der Waals surface area contributed by atoms with Gasteiger partial charge in [0.25, 0.3) is 5.91 Å². The number of rotatable bonds is 6. The van der Waals surface area contributed by atoms with Gasteiger partial charge in [0, 0.05) is 17.7 Å². The molecule has 0 aromatic heterocycles. The number of amides is 1. The van der Waals surface area contributed by atoms with E-state index in [1.54, 1.807) is 31.2 Å². The first-order chi connectivity index (χ1) is 11.8. The number of Topliss-reactive ketones (excluding diaryl/α,β-unsaturated/α-hetero) is 1. The van der Waals surface area contributed by atoms with E-state index in [4.69, 9.17) is 4.74 Å². The molecule has 0 spiro atoms. The van der Waals surface area contributed by atoms with E-state index in [9.17, 15) is 9.59 Å². The smallest absolute Gasteiger partial charge is 0.265 e. The van der Waals surface area contributed by atoms with Gasteiger partial charge in [0.15, 0.2) is 11.9 Å². The van der Waals surface area contributed by atoms with Gasteiger partial charge in [0.05, 0.1) is 0 Å². The fourth-order valence-electron chi connectivity index (χ4n) is 2.78. The van der Waals surface area contributed by atoms with Gasteiger partial charge in [-0.3, -0.25) is 9.59 Å². The van der Waals surface area contributed by atoms with Gasteiger partial charge < -0.3 is 10.1 Å². The van der Waals surface area contributed by atoms with Crippen molar-refractivity contribution in [3.8, 4) is 5.75 Å². The Morgan fingerprint density at radius 3 is 2.12 bits per heavy atom. The first-order valence-electron chi connectivity index (χ1n) is 8.50. The number of carbonyl (C=O) groups is 2. The minimum atomic E-state index is -0.646. The normalized spacial score (nSPS) is 11.7. The van der Waals surface area contributed by atoms with Crippen molar-refractivity contribution in [2.45, 2.75) is 47.1 Å². The highest BCUT2D eigenvalue weighted by atomic mass is 16.5. The molecule has 0 radical (unpaired) electrons. The molecule has 0 bridgehead atoms. The molecule has 25 heavy (non-hydrogen) atoms. The molecule has 0 aliphatic rings. The number of aryl methyl sites for hydroxylation is 3. The van der Waals surface area contributed by atoms with Crippen LogP contribution in [0.25, 0.3) is 0 Å². The van der Waals surface area contributed by atoms with Gasteiger partial charge in [0.1, 0.15) is 5.75 Å². The molecule has 2 rings (SSSR count). The predicted molar refractivity (Wildman–Crippen MR) is 100 cm³/mol. The summed E-state index contributed by atoms with van der Waals surface area (Å²) in [5.41, 5.74) is 4.70. The zero-order chi connectivity index (χ0) is 18.6. The predicted octanol–water partition coefficient (Wildman–Crippen LogP) is 4.61. The van der Waals surface area contributed by atoms with E-state index in [1.165, 1.54) is 5.56 Å². The minimum absolute atomic E-state index is 0.0858. The molecule has 1 atom stereocenters. The lowest BCUT2D eigenvalue weighted by Gasteiger charge is -2.17. The van der Waals surface area contributed by atoms with Gasteiger partial charge in [-0.2, -0.15) is 0 Å². The van der Waals surface area contributed by atoms with Gasteiger partial charge in [0.2, 0.25) is 0 Å². The Labute approximate surface area is 149 Å². The Bertz CT molecular complexity index is 755. The van der Waals surface area contributed by atoms with Crippen molar-refractivity contribution in [2.24, 2.45) is 0 Å². The number of ketones is 1. The van der Waals surface area contributed by atoms with E-state index in [0.29, 0.717) is 17.7 Å². The van der Waals surface area contributed by atoms with Crippen LogP contribution in [0, 0.1) is 20.8 Å². The first-order valence-corrected chi connectivity index (χ1v) is 8.50. The average molecular weight is 339 g/mol. The molecule has 0 fully saturated rings. The first kappa shape index (κ1) is 18.7. The van der Waals surface area contributed by atoms with E-state index in [0.717, 1.165) is 16.8 Å². The molecule has 132 valence electrons. The third kappa shape index (κ3) is 4.69. The van der Waals surface area contributed by atoms with Gasteiger partial charge in [-0.25, -0.2) is 0 Å². The van der Waals surface area contributed by atoms with Crippen molar-refractivity contribution in [3.05, 3.63) is 58.7 Å². The quantitative estimate of drug-likeness (QED) is 0.782. The van der Waals surface area contributed by atoms with E-state index in [2.05, 4.69) is 5.32 Å². The molecule has 0 aliphatic carbocycles. The molecule has 1 unspecified atom stereocenters. The summed E-state index contributed by atoms with van der Waals surface area (Å²) in [4.78, 5) is 24.1. The molecule has 4 nitrogen and oxygen atoms in total. The SMILES string of the molecule is CCC(=O)c1ccc(OC(C)C(=O)Nc2c(C)cc(C)cc2C)cc1. The Kier molecular flexibility index (Phi) is 5.97. The highest BCUT2D eigenvalue weighted by molar-refractivity contribution is 5.96. The number of carbonyl (C=O) groups excluding carboxylic acids is 2. The van der Waals surface area contributed by atoms with Crippen molar-refractivity contribution in [1.29, 1.82) is 0 Å². The summed E-state index contributed by atoms with van der Waals surface area (Å²) >= 11 is 0. The molecule has 0 heterocycles. The van der Waals surface area contributed by atoms with Crippen LogP contribution in [0.5, 0.6) is 5.75 Å². The lowest BCUT2D eigenvalue weighted by atomic mass is 10.0. The van der Waals surface area contributed by atoms with Crippen molar-refractivity contribution in [1.82, 2.24) is 0 Å². The molecule has 2 aromatic carbocycles. The largest absolute Gasteiger partial charge is 0.481 e. The summed E-state index contributed by atoms with van der Waals surface area (Å²) in [6, 6.07) is 11.0. The second-order valence-electron chi connectivity index (χ2n) is 6.32. The number of benzene rings is 2. The van der Waals surface area contributed by atoms with Gasteiger partial charge >= 0.3 is 0 Å². The molecule has 1 N–H and O–H groups in total. The Morgan fingerprint density at radius 2 is 1.60 bits per heavy atom. The summed E-state index contributed by atoms with van der Waals surface area (Å²) in [6.07, 6.45) is -0.179. The Morgan fingerprint density at radius 1 is 1.04 bits per heavy atom. The van der Waals surface area contributed by atoms with Gasteiger partial charge in [-0.05, 0) is 63.1 Å². The molecule has 0 saturated carbocycles. The van der Waals surface area contributed by atoms with Gasteiger partial charge in [-0.15, -0.1) is 0 Å². The maximum absolute atomic E-state index is 12.4. The number of hydrogen-bond donors (Lipinski definition) is 1. The zero-order valence-electron chi connectivity index (χ0n) is 15.5. The van der Waals surface area contributed by atoms with E-state index in [-0.39, 0.29) is 11.7 Å². The fraction of sp³-hybridized carbons (Fsp3) is 0.333. The summed E-state index contributed by atoms with van der Waals surface area (Å²) in [5.74, 6) is 0.444. The third-order valence-electron chi connectivity index (χ3n) is 4.10. The van der Waals surface area contributed by atoms with E-state index >= 15 is 0 Å². The lowest BCUT2D eigenvalue weighted by molar-refractivity contribution is -0.122. The van der Waals surface area contributed by atoms with Crippen LogP contribution in [0.4, 0.5) is 5.69 Å². The maximum atomic E-state index is 12.4. The van der Waals surface area contributed by atoms with Crippen LogP contribution in [0.3, 0.4) is 0 Å². The zero-order valence-corrected chi connectivity index (χ0v) is 15.5. The van der Waals surface area contributed by atoms with Crippen LogP contribution in [0.1, 0.15) is 47.3 Å². The van der Waals surface area contributed by atoms with Crippen molar-refractivity contribution in [3.63, 3.8) is 0 Å². The lowest BCUT2D eigenvalue weighted by Crippen LogP contribution is -2.30. The number of hydrogen-bond acceptors (Lipinski definition) is 3. The average Bonchev–Trinajstić information content (AvgIpc) is 2.57. The van der Waals surface area contributed by atoms with E-state index in [1.807, 2.05) is 39.8 Å².